The van der Waals surface area contributed by atoms with Gasteiger partial charge in [0.25, 0.3) is 0 Å². The lowest BCUT2D eigenvalue weighted by Crippen LogP contribution is -2.42. The lowest BCUT2D eigenvalue weighted by Gasteiger charge is -2.20. The minimum atomic E-state index is -0.641. The Morgan fingerprint density at radius 2 is 2.16 bits per heavy atom. The molecule has 5 nitrogen and oxygen atoms in total. The van der Waals surface area contributed by atoms with Crippen molar-refractivity contribution in [3.63, 3.8) is 0 Å². The monoisotopic (exact) mass is 365 g/mol. The molecule has 25 heavy (non-hydrogen) atoms. The van der Waals surface area contributed by atoms with E-state index in [-0.39, 0.29) is 0 Å². The van der Waals surface area contributed by atoms with Crippen molar-refractivity contribution >= 4 is 17.7 Å². The van der Waals surface area contributed by atoms with Crippen molar-refractivity contribution in [3.8, 4) is 0 Å². The molecule has 0 aliphatic carbocycles. The minimum Gasteiger partial charge on any atom is -0.387 e. The molecule has 140 valence electrons. The molecule has 3 N–H and O–H groups in total. The standard InChI is InChI=1S/C19H31N3O2S/c1-3-20-18(22-14-19(23)9-10-25-15-19)21-11-16(2)12-24-13-17-7-5-4-6-8-17/h4-8,16,23H,3,9-15H2,1-2H3,(H2,20,21,22). The van der Waals surface area contributed by atoms with Crippen LogP contribution in [0.25, 0.3) is 0 Å². The van der Waals surface area contributed by atoms with Crippen molar-refractivity contribution in [1.82, 2.24) is 10.6 Å². The van der Waals surface area contributed by atoms with E-state index in [1.165, 1.54) is 5.56 Å². The number of aliphatic imine (C=N–C) groups is 1. The van der Waals surface area contributed by atoms with Crippen LogP contribution in [-0.2, 0) is 11.3 Å². The first-order valence-corrected chi connectivity index (χ1v) is 10.2. The third-order valence-electron chi connectivity index (χ3n) is 4.09. The van der Waals surface area contributed by atoms with Crippen molar-refractivity contribution < 1.29 is 9.84 Å². The summed E-state index contributed by atoms with van der Waals surface area (Å²) in [5.41, 5.74) is 0.553. The van der Waals surface area contributed by atoms with Gasteiger partial charge in [-0.3, -0.25) is 4.99 Å². The molecule has 6 heteroatoms. The lowest BCUT2D eigenvalue weighted by molar-refractivity contribution is 0.0777. The number of benzene rings is 1. The molecule has 2 unspecified atom stereocenters. The Morgan fingerprint density at radius 3 is 2.84 bits per heavy atom. The topological polar surface area (TPSA) is 65.9 Å². The number of aliphatic hydroxyl groups is 1. The van der Waals surface area contributed by atoms with Crippen molar-refractivity contribution in [1.29, 1.82) is 0 Å². The predicted octanol–water partition coefficient (Wildman–Crippen LogP) is 2.26. The molecule has 0 spiro atoms. The molecule has 0 aromatic heterocycles. The number of hydrogen-bond acceptors (Lipinski definition) is 4. The SMILES string of the molecule is CCNC(=NCC1(O)CCSC1)NCC(C)COCc1ccccc1. The van der Waals surface area contributed by atoms with Gasteiger partial charge in [0, 0.05) is 18.8 Å². The van der Waals surface area contributed by atoms with Gasteiger partial charge in [0.1, 0.15) is 0 Å². The fourth-order valence-corrected chi connectivity index (χ4v) is 3.86. The Kier molecular flexibility index (Phi) is 8.58. The quantitative estimate of drug-likeness (QED) is 0.463. The highest BCUT2D eigenvalue weighted by molar-refractivity contribution is 7.99. The molecular formula is C19H31N3O2S. The van der Waals surface area contributed by atoms with Gasteiger partial charge in [0.2, 0.25) is 0 Å². The van der Waals surface area contributed by atoms with Gasteiger partial charge >= 0.3 is 0 Å². The van der Waals surface area contributed by atoms with E-state index in [4.69, 9.17) is 4.74 Å². The molecule has 2 rings (SSSR count). The molecule has 0 saturated carbocycles. The number of nitrogens with zero attached hydrogens (tertiary/aromatic N) is 1. The van der Waals surface area contributed by atoms with Crippen LogP contribution in [0.3, 0.4) is 0 Å². The van der Waals surface area contributed by atoms with Crippen molar-refractivity contribution in [2.75, 3.05) is 37.7 Å². The highest BCUT2D eigenvalue weighted by atomic mass is 32.2. The predicted molar refractivity (Wildman–Crippen MR) is 106 cm³/mol. The summed E-state index contributed by atoms with van der Waals surface area (Å²) >= 11 is 1.79. The van der Waals surface area contributed by atoms with E-state index in [0.717, 1.165) is 37.0 Å². The van der Waals surface area contributed by atoms with Gasteiger partial charge in [-0.25, -0.2) is 0 Å². The molecule has 0 radical (unpaired) electrons. The lowest BCUT2D eigenvalue weighted by atomic mass is 10.1. The van der Waals surface area contributed by atoms with Gasteiger partial charge in [0.05, 0.1) is 25.4 Å². The molecular weight excluding hydrogens is 334 g/mol. The summed E-state index contributed by atoms with van der Waals surface area (Å²) in [4.78, 5) is 4.56. The summed E-state index contributed by atoms with van der Waals surface area (Å²) in [7, 11) is 0. The fourth-order valence-electron chi connectivity index (χ4n) is 2.57. The fraction of sp³-hybridized carbons (Fsp3) is 0.632. The first-order valence-electron chi connectivity index (χ1n) is 9.05. The van der Waals surface area contributed by atoms with E-state index in [9.17, 15) is 5.11 Å². The maximum absolute atomic E-state index is 10.4. The van der Waals surface area contributed by atoms with Gasteiger partial charge in [-0.05, 0) is 30.6 Å². The first kappa shape index (κ1) is 20.1. The summed E-state index contributed by atoms with van der Waals surface area (Å²) in [5.74, 6) is 2.94. The number of rotatable bonds is 9. The molecule has 1 saturated heterocycles. The zero-order valence-electron chi connectivity index (χ0n) is 15.3. The van der Waals surface area contributed by atoms with Gasteiger partial charge in [-0.2, -0.15) is 11.8 Å². The normalized spacial score (nSPS) is 22.0. The second-order valence-electron chi connectivity index (χ2n) is 6.71. The maximum Gasteiger partial charge on any atom is 0.191 e. The summed E-state index contributed by atoms with van der Waals surface area (Å²) in [6.45, 7) is 7.58. The van der Waals surface area contributed by atoms with Gasteiger partial charge in [-0.1, -0.05) is 37.3 Å². The Labute approximate surface area is 155 Å². The summed E-state index contributed by atoms with van der Waals surface area (Å²) in [5, 5.41) is 17.0. The Bertz CT molecular complexity index is 519. The van der Waals surface area contributed by atoms with Crippen LogP contribution < -0.4 is 10.6 Å². The van der Waals surface area contributed by atoms with Crippen LogP contribution in [0.5, 0.6) is 0 Å². The molecule has 1 aromatic rings. The highest BCUT2D eigenvalue weighted by Gasteiger charge is 2.31. The second-order valence-corrected chi connectivity index (χ2v) is 7.81. The van der Waals surface area contributed by atoms with E-state index in [1.54, 1.807) is 11.8 Å². The molecule has 0 amide bonds. The smallest absolute Gasteiger partial charge is 0.191 e. The van der Waals surface area contributed by atoms with E-state index in [0.29, 0.717) is 25.7 Å². The Balaban J connectivity index is 1.70. The molecule has 1 fully saturated rings. The average molecular weight is 366 g/mol. The number of nitrogens with one attached hydrogen (secondary N) is 2. The van der Waals surface area contributed by atoms with E-state index < -0.39 is 5.60 Å². The maximum atomic E-state index is 10.4. The number of hydrogen-bond donors (Lipinski definition) is 3. The summed E-state index contributed by atoms with van der Waals surface area (Å²) in [6, 6.07) is 10.2. The highest BCUT2D eigenvalue weighted by Crippen LogP contribution is 2.27. The van der Waals surface area contributed by atoms with Crippen LogP contribution in [0.4, 0.5) is 0 Å². The zero-order chi connectivity index (χ0) is 18.0. The zero-order valence-corrected chi connectivity index (χ0v) is 16.1. The first-order chi connectivity index (χ1) is 12.1. The van der Waals surface area contributed by atoms with E-state index in [2.05, 4.69) is 34.7 Å². The van der Waals surface area contributed by atoms with E-state index >= 15 is 0 Å². The number of ether oxygens (including phenoxy) is 1. The van der Waals surface area contributed by atoms with Crippen molar-refractivity contribution in [2.45, 2.75) is 32.5 Å². The molecule has 0 bridgehead atoms. The van der Waals surface area contributed by atoms with Gasteiger partial charge < -0.3 is 20.5 Å². The molecule has 2 atom stereocenters. The van der Waals surface area contributed by atoms with Crippen LogP contribution >= 0.6 is 11.8 Å². The molecule has 1 heterocycles. The molecule has 1 aromatic carbocycles. The van der Waals surface area contributed by atoms with Crippen LogP contribution in [0.1, 0.15) is 25.8 Å². The van der Waals surface area contributed by atoms with Crippen LogP contribution in [0.2, 0.25) is 0 Å². The number of guanidine groups is 1. The Morgan fingerprint density at radius 1 is 1.36 bits per heavy atom. The second kappa shape index (κ2) is 10.7. The van der Waals surface area contributed by atoms with Crippen LogP contribution in [0.15, 0.2) is 35.3 Å². The minimum absolute atomic E-state index is 0.373. The van der Waals surface area contributed by atoms with Crippen molar-refractivity contribution in [3.05, 3.63) is 35.9 Å². The molecule has 1 aliphatic rings. The number of thioether (sulfide) groups is 1. The molecule has 1 aliphatic heterocycles. The average Bonchev–Trinajstić information content (AvgIpc) is 3.05. The largest absolute Gasteiger partial charge is 0.387 e. The van der Waals surface area contributed by atoms with Crippen molar-refractivity contribution in [2.24, 2.45) is 10.9 Å². The summed E-state index contributed by atoms with van der Waals surface area (Å²) < 4.78 is 5.79. The Hall–Kier alpha value is -1.24. The van der Waals surface area contributed by atoms with Crippen LogP contribution in [0, 0.1) is 5.92 Å². The van der Waals surface area contributed by atoms with Gasteiger partial charge in [-0.15, -0.1) is 0 Å². The third kappa shape index (κ3) is 7.67. The third-order valence-corrected chi connectivity index (χ3v) is 5.32. The summed E-state index contributed by atoms with van der Waals surface area (Å²) in [6.07, 6.45) is 0.824. The van der Waals surface area contributed by atoms with E-state index in [1.807, 2.05) is 25.1 Å². The van der Waals surface area contributed by atoms with Gasteiger partial charge in [0.15, 0.2) is 5.96 Å². The van der Waals surface area contributed by atoms with Crippen LogP contribution in [-0.4, -0.2) is 54.4 Å².